The number of hydrogen-bond acceptors (Lipinski definition) is 13. The van der Waals surface area contributed by atoms with Crippen LogP contribution in [0, 0.1) is 52.3 Å². The third-order valence-electron chi connectivity index (χ3n) is 15.1. The highest BCUT2D eigenvalue weighted by atomic mass is 31.2. The number of aromatic nitrogens is 1. The Morgan fingerprint density at radius 2 is 1.75 bits per heavy atom. The summed E-state index contributed by atoms with van der Waals surface area (Å²) in [5.41, 5.74) is 2.67. The first-order chi connectivity index (χ1) is 32.1. The number of rotatable bonds is 25. The molecule has 15 atom stereocenters. The maximum atomic E-state index is 12.6. The molecule has 69 heavy (non-hydrogen) atoms. The number of nitrogens with zero attached hydrogens (tertiary/aromatic N) is 3. The number of ether oxygens (including phenoxy) is 3. The maximum absolute atomic E-state index is 12.6. The Morgan fingerprint density at radius 1 is 1.09 bits per heavy atom. The van der Waals surface area contributed by atoms with E-state index < -0.39 is 67.6 Å². The number of phosphoric acid groups is 1. The number of oxazole rings is 1. The lowest BCUT2D eigenvalue weighted by Gasteiger charge is -2.50. The second-order valence-electron chi connectivity index (χ2n) is 20.9. The van der Waals surface area contributed by atoms with Crippen molar-refractivity contribution in [2.24, 2.45) is 40.9 Å². The second-order valence-corrected chi connectivity index (χ2v) is 22.0. The van der Waals surface area contributed by atoms with Gasteiger partial charge in [0, 0.05) is 43.4 Å². The van der Waals surface area contributed by atoms with Crippen LogP contribution in [0.15, 0.2) is 63.9 Å². The molecule has 6 N–H and O–H groups in total. The molecule has 0 saturated carbocycles. The van der Waals surface area contributed by atoms with Gasteiger partial charge >= 0.3 is 7.82 Å². The number of aliphatic hydroxyl groups is 3. The molecule has 3 rings (SSSR count). The van der Waals surface area contributed by atoms with Crippen LogP contribution in [0.3, 0.4) is 0 Å². The Morgan fingerprint density at radius 3 is 2.36 bits per heavy atom. The molecular weight excluding hydrogens is 904 g/mol. The van der Waals surface area contributed by atoms with Crippen LogP contribution in [-0.4, -0.2) is 124 Å². The van der Waals surface area contributed by atoms with Gasteiger partial charge in [-0.3, -0.25) is 9.32 Å². The van der Waals surface area contributed by atoms with Crippen molar-refractivity contribution in [3.63, 3.8) is 0 Å². The number of allylic oxidation sites excluding steroid dienone is 8. The number of nitrogens with one attached hydrogen (secondary N) is 1. The highest BCUT2D eigenvalue weighted by molar-refractivity contribution is 7.46. The van der Waals surface area contributed by atoms with Crippen LogP contribution in [-0.2, 0) is 28.1 Å². The zero-order chi connectivity index (χ0) is 52.2. The average Bonchev–Trinajstić information content (AvgIpc) is 3.82. The van der Waals surface area contributed by atoms with Crippen LogP contribution in [0.2, 0.25) is 0 Å². The standard InChI is InChI=1S/C52H85N4O12P/c1-31(22-24-53)18-16-19-32(2)34(4)26-35(5)38(8)39(9)36(6)27-37(7)47-48(68-69(61,62)63)51(11,12)52(67-47)28-43(57)40(10)44(66-52)21-17-20-41-29-65-50(55-41)33(3)23-25-54-49(60)46(59)45(58)42(30-64-15)56(13)14/h16-20,22,26,29,33,35-40,42-48,57-59H,21,23,25,27-28,30H2,1-15H3,(H,54,60)(H2,61,62,63). The van der Waals surface area contributed by atoms with Crippen LogP contribution < -0.4 is 5.32 Å². The van der Waals surface area contributed by atoms with Crippen molar-refractivity contribution in [1.29, 1.82) is 5.26 Å². The van der Waals surface area contributed by atoms with Gasteiger partial charge in [0.25, 0.3) is 5.91 Å². The van der Waals surface area contributed by atoms with Gasteiger partial charge in [-0.1, -0.05) is 98.3 Å². The lowest BCUT2D eigenvalue weighted by atomic mass is 9.71. The number of carbonyl (C=O) groups is 1. The van der Waals surface area contributed by atoms with Crippen LogP contribution in [0.5, 0.6) is 0 Å². The minimum absolute atomic E-state index is 0.0899. The number of nitriles is 1. The molecular formula is C52H85N4O12P. The van der Waals surface area contributed by atoms with E-state index in [0.29, 0.717) is 36.8 Å². The van der Waals surface area contributed by atoms with Crippen molar-refractivity contribution in [3.05, 3.63) is 71.0 Å². The molecule has 390 valence electrons. The van der Waals surface area contributed by atoms with Crippen molar-refractivity contribution in [2.45, 2.75) is 163 Å². The topological polar surface area (TPSA) is 237 Å². The fourth-order valence-electron chi connectivity index (χ4n) is 9.57. The number of amides is 1. The van der Waals surface area contributed by atoms with E-state index in [-0.39, 0.29) is 55.1 Å². The van der Waals surface area contributed by atoms with Crippen LogP contribution in [0.1, 0.15) is 126 Å². The number of methoxy groups -OCH3 is 1. The van der Waals surface area contributed by atoms with E-state index in [2.05, 4.69) is 57.9 Å². The first-order valence-electron chi connectivity index (χ1n) is 24.4. The summed E-state index contributed by atoms with van der Waals surface area (Å²) < 4.78 is 42.9. The summed E-state index contributed by atoms with van der Waals surface area (Å²) in [6.45, 7) is 24.9. The van der Waals surface area contributed by atoms with Gasteiger partial charge in [-0.05, 0) is 101 Å². The van der Waals surface area contributed by atoms with E-state index in [9.17, 15) is 34.5 Å². The fourth-order valence-corrected chi connectivity index (χ4v) is 10.2. The molecule has 2 saturated heterocycles. The van der Waals surface area contributed by atoms with Crippen LogP contribution >= 0.6 is 7.82 Å². The molecule has 2 aliphatic heterocycles. The van der Waals surface area contributed by atoms with E-state index in [0.717, 1.165) is 11.1 Å². The fraction of sp³-hybridized carbons (Fsp3) is 0.712. The maximum Gasteiger partial charge on any atom is 0.469 e. The third-order valence-corrected chi connectivity index (χ3v) is 15.6. The van der Waals surface area contributed by atoms with Gasteiger partial charge in [0.1, 0.15) is 24.2 Å². The van der Waals surface area contributed by atoms with E-state index in [1.165, 1.54) is 25.0 Å². The second kappa shape index (κ2) is 26.4. The first kappa shape index (κ1) is 60.0. The third kappa shape index (κ3) is 16.4. The molecule has 0 aromatic carbocycles. The first-order valence-corrected chi connectivity index (χ1v) is 25.9. The average molecular weight is 989 g/mol. The van der Waals surface area contributed by atoms with Crippen molar-refractivity contribution in [1.82, 2.24) is 15.2 Å². The number of phosphoric ester groups is 1. The lowest BCUT2D eigenvalue weighted by molar-refractivity contribution is -0.332. The molecule has 17 heteroatoms. The predicted octanol–water partition coefficient (Wildman–Crippen LogP) is 7.86. The minimum atomic E-state index is -4.99. The summed E-state index contributed by atoms with van der Waals surface area (Å²) in [4.78, 5) is 39.4. The zero-order valence-corrected chi connectivity index (χ0v) is 44.7. The summed E-state index contributed by atoms with van der Waals surface area (Å²) in [6, 6.07) is 1.47. The van der Waals surface area contributed by atoms with Gasteiger partial charge in [-0.25, -0.2) is 9.55 Å². The number of likely N-dealkylation sites (N-methyl/N-ethyl adjacent to an activating group) is 1. The predicted molar refractivity (Wildman–Crippen MR) is 267 cm³/mol. The SMILES string of the molecule is COCC(C(O)C(O)C(=O)NCCC(C)c1nc(C=CCC2OC3(CC(O)C2C)OC(C(C)CC(C)C(C)C(C)C(C)C=C(C)C(C)=CC=CC(C)=CC#N)C(OP(=O)(O)O)C3(C)C)co1)N(C)C. The quantitative estimate of drug-likeness (QED) is 0.0311. The van der Waals surface area contributed by atoms with Gasteiger partial charge in [0.05, 0.1) is 37.0 Å². The minimum Gasteiger partial charge on any atom is -0.448 e. The Bertz CT molecular complexity index is 2050. The molecule has 2 aliphatic rings. The molecule has 0 radical (unpaired) electrons. The van der Waals surface area contributed by atoms with Gasteiger partial charge in [0.2, 0.25) is 0 Å². The summed E-state index contributed by atoms with van der Waals surface area (Å²) in [5.74, 6) is -1.28. The molecule has 3 heterocycles. The summed E-state index contributed by atoms with van der Waals surface area (Å²) in [7, 11) is -0.0505. The van der Waals surface area contributed by atoms with Gasteiger partial charge in [0.15, 0.2) is 17.8 Å². The molecule has 15 unspecified atom stereocenters. The zero-order valence-electron chi connectivity index (χ0n) is 43.8. The number of hydrogen-bond donors (Lipinski definition) is 6. The van der Waals surface area contributed by atoms with Crippen molar-refractivity contribution < 1.29 is 57.6 Å². The highest BCUT2D eigenvalue weighted by Crippen LogP contribution is 2.59. The summed E-state index contributed by atoms with van der Waals surface area (Å²) in [6.07, 6.45) is 10.4. The molecule has 1 spiro atoms. The normalized spacial score (nSPS) is 27.8. The molecule has 1 aromatic heterocycles. The molecule has 1 aromatic rings. The highest BCUT2D eigenvalue weighted by Gasteiger charge is 2.67. The number of carbonyl (C=O) groups excluding carboxylic acids is 1. The summed E-state index contributed by atoms with van der Waals surface area (Å²) in [5, 5.41) is 44.2. The smallest absolute Gasteiger partial charge is 0.448 e. The Balaban J connectivity index is 1.71. The molecule has 16 nitrogen and oxygen atoms in total. The Hall–Kier alpha value is -3.30. The van der Waals surface area contributed by atoms with E-state index in [1.54, 1.807) is 25.1 Å². The van der Waals surface area contributed by atoms with Gasteiger partial charge in [-0.15, -0.1) is 0 Å². The Labute approximate surface area is 412 Å². The monoisotopic (exact) mass is 989 g/mol. The van der Waals surface area contributed by atoms with Gasteiger partial charge < -0.3 is 54.0 Å². The lowest BCUT2D eigenvalue weighted by Crippen LogP contribution is -2.58. The van der Waals surface area contributed by atoms with E-state index in [1.807, 2.05) is 71.9 Å². The van der Waals surface area contributed by atoms with Crippen molar-refractivity contribution in [2.75, 3.05) is 34.4 Å². The Kier molecular flexibility index (Phi) is 23.0. The number of aliphatic hydroxyl groups excluding tert-OH is 3. The van der Waals surface area contributed by atoms with E-state index in [4.69, 9.17) is 28.4 Å². The molecule has 0 aliphatic carbocycles. The molecule has 2 fully saturated rings. The largest absolute Gasteiger partial charge is 0.469 e. The molecule has 0 bridgehead atoms. The van der Waals surface area contributed by atoms with Crippen molar-refractivity contribution >= 4 is 19.8 Å². The van der Waals surface area contributed by atoms with E-state index >= 15 is 0 Å². The van der Waals surface area contributed by atoms with Crippen molar-refractivity contribution in [3.8, 4) is 6.07 Å². The summed E-state index contributed by atoms with van der Waals surface area (Å²) >= 11 is 0. The van der Waals surface area contributed by atoms with Crippen LogP contribution in [0.25, 0.3) is 6.08 Å². The van der Waals surface area contributed by atoms with Crippen LogP contribution in [0.4, 0.5) is 0 Å². The van der Waals surface area contributed by atoms with Gasteiger partial charge in [-0.2, -0.15) is 5.26 Å². The molecule has 1 amide bonds.